The number of esters is 2. The van der Waals surface area contributed by atoms with Gasteiger partial charge in [0.15, 0.2) is 5.92 Å². The van der Waals surface area contributed by atoms with E-state index in [1.165, 1.54) is 0 Å². The van der Waals surface area contributed by atoms with Crippen LogP contribution in [-0.2, 0) is 19.1 Å². The lowest BCUT2D eigenvalue weighted by molar-refractivity contribution is -0.156. The Morgan fingerprint density at radius 1 is 1.42 bits per heavy atom. The Balaban J connectivity index is 2.16. The Hall–Kier alpha value is -2.04. The molecule has 0 bridgehead atoms. The van der Waals surface area contributed by atoms with Crippen molar-refractivity contribution in [1.29, 1.82) is 0 Å². The molecule has 0 aromatic heterocycles. The fraction of sp³-hybridized carbons (Fsp3) is 0.429. The van der Waals surface area contributed by atoms with Gasteiger partial charge in [0, 0.05) is 12.0 Å². The molecule has 102 valence electrons. The molecule has 1 aliphatic rings. The van der Waals surface area contributed by atoms with Crippen molar-refractivity contribution in [3.05, 3.63) is 29.8 Å². The van der Waals surface area contributed by atoms with Crippen LogP contribution in [0.2, 0.25) is 0 Å². The zero-order valence-electron chi connectivity index (χ0n) is 10.9. The van der Waals surface area contributed by atoms with Crippen molar-refractivity contribution < 1.29 is 23.8 Å². The summed E-state index contributed by atoms with van der Waals surface area (Å²) in [5, 5.41) is 0. The van der Waals surface area contributed by atoms with Crippen LogP contribution in [0.3, 0.4) is 0 Å². The maximum absolute atomic E-state index is 11.7. The van der Waals surface area contributed by atoms with Crippen LogP contribution in [0.5, 0.6) is 5.75 Å². The zero-order chi connectivity index (χ0) is 13.8. The van der Waals surface area contributed by atoms with Gasteiger partial charge < -0.3 is 14.2 Å². The second kappa shape index (κ2) is 5.73. The SMILES string of the molecule is CCOC(=O)C1CC(c2ccccc2OC)OC1=O. The van der Waals surface area contributed by atoms with E-state index in [1.807, 2.05) is 18.2 Å². The number of rotatable bonds is 4. The van der Waals surface area contributed by atoms with Crippen molar-refractivity contribution in [1.82, 2.24) is 0 Å². The fourth-order valence-corrected chi connectivity index (χ4v) is 2.14. The van der Waals surface area contributed by atoms with Crippen LogP contribution in [0.4, 0.5) is 0 Å². The van der Waals surface area contributed by atoms with Gasteiger partial charge in [-0.15, -0.1) is 0 Å². The number of methoxy groups -OCH3 is 1. The highest BCUT2D eigenvalue weighted by molar-refractivity contribution is 5.96. The molecule has 1 saturated heterocycles. The maximum Gasteiger partial charge on any atom is 0.321 e. The molecule has 0 spiro atoms. The van der Waals surface area contributed by atoms with Gasteiger partial charge >= 0.3 is 11.9 Å². The van der Waals surface area contributed by atoms with Crippen molar-refractivity contribution in [3.63, 3.8) is 0 Å². The van der Waals surface area contributed by atoms with Gasteiger partial charge in [-0.2, -0.15) is 0 Å². The third kappa shape index (κ3) is 2.70. The van der Waals surface area contributed by atoms with E-state index in [0.29, 0.717) is 5.75 Å². The molecule has 2 atom stereocenters. The number of ether oxygens (including phenoxy) is 3. The molecule has 5 heteroatoms. The summed E-state index contributed by atoms with van der Waals surface area (Å²) in [4.78, 5) is 23.3. The third-order valence-corrected chi connectivity index (χ3v) is 3.05. The quantitative estimate of drug-likeness (QED) is 0.613. The molecule has 1 fully saturated rings. The predicted molar refractivity (Wildman–Crippen MR) is 66.6 cm³/mol. The smallest absolute Gasteiger partial charge is 0.321 e. The largest absolute Gasteiger partial charge is 0.496 e. The minimum atomic E-state index is -0.838. The molecule has 1 aromatic rings. The molecule has 5 nitrogen and oxygen atoms in total. The first-order valence-electron chi connectivity index (χ1n) is 6.17. The standard InChI is InChI=1S/C14H16O5/c1-3-18-13(15)10-8-12(19-14(10)16)9-6-4-5-7-11(9)17-2/h4-7,10,12H,3,8H2,1-2H3. The summed E-state index contributed by atoms with van der Waals surface area (Å²) in [5.41, 5.74) is 0.769. The van der Waals surface area contributed by atoms with Crippen molar-refractivity contribution in [2.45, 2.75) is 19.4 Å². The highest BCUT2D eigenvalue weighted by atomic mass is 16.6. The van der Waals surface area contributed by atoms with E-state index >= 15 is 0 Å². The van der Waals surface area contributed by atoms with E-state index in [1.54, 1.807) is 20.1 Å². The highest BCUT2D eigenvalue weighted by Gasteiger charge is 2.42. The average Bonchev–Trinajstić information content (AvgIpc) is 2.81. The van der Waals surface area contributed by atoms with E-state index < -0.39 is 24.0 Å². The molecule has 2 unspecified atom stereocenters. The molecular weight excluding hydrogens is 248 g/mol. The van der Waals surface area contributed by atoms with Crippen molar-refractivity contribution in [2.24, 2.45) is 5.92 Å². The molecule has 0 amide bonds. The molecule has 0 radical (unpaired) electrons. The Bertz CT molecular complexity index is 482. The first-order valence-corrected chi connectivity index (χ1v) is 6.17. The van der Waals surface area contributed by atoms with Crippen LogP contribution >= 0.6 is 0 Å². The number of carbonyl (C=O) groups is 2. The van der Waals surface area contributed by atoms with Gasteiger partial charge in [0.05, 0.1) is 13.7 Å². The summed E-state index contributed by atoms with van der Waals surface area (Å²) < 4.78 is 15.3. The molecule has 1 aliphatic heterocycles. The highest BCUT2D eigenvalue weighted by Crippen LogP contribution is 2.38. The van der Waals surface area contributed by atoms with Crippen molar-refractivity contribution in [3.8, 4) is 5.75 Å². The van der Waals surface area contributed by atoms with Crippen LogP contribution < -0.4 is 4.74 Å². The number of benzene rings is 1. The molecule has 1 aromatic carbocycles. The second-order valence-corrected chi connectivity index (χ2v) is 4.21. The number of para-hydroxylation sites is 1. The number of carbonyl (C=O) groups excluding carboxylic acids is 2. The lowest BCUT2D eigenvalue weighted by Gasteiger charge is -2.13. The summed E-state index contributed by atoms with van der Waals surface area (Å²) in [7, 11) is 1.55. The first-order chi connectivity index (χ1) is 9.17. The molecule has 0 aliphatic carbocycles. The Kier molecular flexibility index (Phi) is 4.04. The molecule has 1 heterocycles. The van der Waals surface area contributed by atoms with E-state index in [2.05, 4.69) is 0 Å². The normalized spacial score (nSPS) is 21.9. The second-order valence-electron chi connectivity index (χ2n) is 4.21. The van der Waals surface area contributed by atoms with Crippen LogP contribution in [-0.4, -0.2) is 25.7 Å². The zero-order valence-corrected chi connectivity index (χ0v) is 10.9. The monoisotopic (exact) mass is 264 g/mol. The summed E-state index contributed by atoms with van der Waals surface area (Å²) in [5.74, 6) is -1.25. The van der Waals surface area contributed by atoms with E-state index in [-0.39, 0.29) is 13.0 Å². The van der Waals surface area contributed by atoms with Crippen LogP contribution in [0.1, 0.15) is 25.0 Å². The van der Waals surface area contributed by atoms with Gasteiger partial charge in [-0.1, -0.05) is 18.2 Å². The lowest BCUT2D eigenvalue weighted by atomic mass is 9.99. The number of cyclic esters (lactones) is 1. The van der Waals surface area contributed by atoms with Gasteiger partial charge in [0.25, 0.3) is 0 Å². The first kappa shape index (κ1) is 13.4. The molecule has 0 saturated carbocycles. The maximum atomic E-state index is 11.7. The van der Waals surface area contributed by atoms with Crippen LogP contribution in [0.25, 0.3) is 0 Å². The fourth-order valence-electron chi connectivity index (χ4n) is 2.14. The van der Waals surface area contributed by atoms with Crippen molar-refractivity contribution in [2.75, 3.05) is 13.7 Å². The summed E-state index contributed by atoms with van der Waals surface area (Å²) in [6.07, 6.45) is -0.170. The average molecular weight is 264 g/mol. The minimum Gasteiger partial charge on any atom is -0.496 e. The summed E-state index contributed by atoms with van der Waals surface area (Å²) >= 11 is 0. The van der Waals surface area contributed by atoms with Gasteiger partial charge in [-0.3, -0.25) is 9.59 Å². The summed E-state index contributed by atoms with van der Waals surface area (Å²) in [6.45, 7) is 1.96. The van der Waals surface area contributed by atoms with Crippen molar-refractivity contribution >= 4 is 11.9 Å². The molecular formula is C14H16O5. The molecule has 2 rings (SSSR count). The van der Waals surface area contributed by atoms with E-state index in [0.717, 1.165) is 5.56 Å². The number of hydrogen-bond acceptors (Lipinski definition) is 5. The topological polar surface area (TPSA) is 61.8 Å². The van der Waals surface area contributed by atoms with Gasteiger partial charge in [0.1, 0.15) is 11.9 Å². The Morgan fingerprint density at radius 3 is 2.84 bits per heavy atom. The summed E-state index contributed by atoms with van der Waals surface area (Å²) in [6, 6.07) is 7.29. The number of hydrogen-bond donors (Lipinski definition) is 0. The van der Waals surface area contributed by atoms with Crippen LogP contribution in [0.15, 0.2) is 24.3 Å². The predicted octanol–water partition coefficient (Wildman–Crippen LogP) is 1.86. The third-order valence-electron chi connectivity index (χ3n) is 3.05. The van der Waals surface area contributed by atoms with E-state index in [4.69, 9.17) is 14.2 Å². The molecule has 19 heavy (non-hydrogen) atoms. The Morgan fingerprint density at radius 2 is 2.16 bits per heavy atom. The minimum absolute atomic E-state index is 0.252. The van der Waals surface area contributed by atoms with Crippen LogP contribution in [0, 0.1) is 5.92 Å². The van der Waals surface area contributed by atoms with E-state index in [9.17, 15) is 9.59 Å². The van der Waals surface area contributed by atoms with Gasteiger partial charge in [-0.05, 0) is 13.0 Å². The Labute approximate surface area is 111 Å². The van der Waals surface area contributed by atoms with Gasteiger partial charge in [-0.25, -0.2) is 0 Å². The van der Waals surface area contributed by atoms with Gasteiger partial charge in [0.2, 0.25) is 0 Å². The molecule has 0 N–H and O–H groups in total. The lowest BCUT2D eigenvalue weighted by Crippen LogP contribution is -2.21.